The minimum Gasteiger partial charge on any atom is -0.318 e. The number of hydrogen-bond acceptors (Lipinski definition) is 3. The third-order valence-corrected chi connectivity index (χ3v) is 20.7. The van der Waals surface area contributed by atoms with Gasteiger partial charge in [-0.1, -0.05) is 170 Å². The van der Waals surface area contributed by atoms with E-state index < -0.39 is 0 Å². The molecule has 0 N–H and O–H groups in total. The van der Waals surface area contributed by atoms with Crippen molar-refractivity contribution < 1.29 is 0 Å². The first-order valence-electron chi connectivity index (χ1n) is 29.5. The van der Waals surface area contributed by atoms with Gasteiger partial charge in [-0.2, -0.15) is 5.26 Å². The molecule has 0 spiro atoms. The number of benzene rings is 13. The number of thiophene rings is 2. The van der Waals surface area contributed by atoms with E-state index >= 15 is 0 Å². The van der Waals surface area contributed by atoms with Crippen LogP contribution in [0.25, 0.3) is 177 Å². The van der Waals surface area contributed by atoms with Gasteiger partial charge in [0.1, 0.15) is 6.07 Å². The van der Waals surface area contributed by atoms with Crippen LogP contribution in [-0.2, 0) is 0 Å². The Kier molecular flexibility index (Phi) is 10.3. The Balaban J connectivity index is 1.10. The Hall–Kier alpha value is -11.5. The molecule has 0 bridgehead atoms. The molecule has 0 aliphatic heterocycles. The Bertz CT molecular complexity index is 6100. The zero-order valence-electron chi connectivity index (χ0n) is 46.9. The fraction of sp³-hybridized carbons (Fsp3) is 0. The highest BCUT2D eigenvalue weighted by atomic mass is 32.1. The molecule has 0 amide bonds. The molecule has 8 heteroatoms. The molecular formula is C80H44N6S2. The van der Waals surface area contributed by atoms with Gasteiger partial charge in [0.15, 0.2) is 0 Å². The van der Waals surface area contributed by atoms with Crippen LogP contribution in [-0.4, -0.2) is 18.3 Å². The van der Waals surface area contributed by atoms with Crippen molar-refractivity contribution >= 4 is 156 Å². The van der Waals surface area contributed by atoms with E-state index in [1.54, 1.807) is 22.7 Å². The average Bonchev–Trinajstić information content (AvgIpc) is 1.49. The molecule has 0 atom stereocenters. The minimum absolute atomic E-state index is 0.384. The second-order valence-corrected chi connectivity index (χ2v) is 25.0. The van der Waals surface area contributed by atoms with Crippen LogP contribution in [0.3, 0.4) is 0 Å². The maximum Gasteiger partial charge on any atom is 0.220 e. The predicted molar refractivity (Wildman–Crippen MR) is 371 cm³/mol. The van der Waals surface area contributed by atoms with Crippen molar-refractivity contribution in [3.63, 3.8) is 0 Å². The van der Waals surface area contributed by atoms with Gasteiger partial charge in [-0.05, 0) is 108 Å². The number of hydrogen-bond donors (Lipinski definition) is 0. The van der Waals surface area contributed by atoms with Crippen molar-refractivity contribution in [2.75, 3.05) is 0 Å². The standard InChI is InChI=1S/C80H44N6S2/c1-82-78-76(55-32-20-38-66-74(55)53-30-10-16-36-64(53)83(66)47-22-4-2-5-23-47)61(46-81)79(85-62-34-14-8-26-49(62)57-42-59-51-28-12-18-40-70(51)87-72(59)44-68(57)85)77(56-33-21-39-67-75(56)54-31-11-17-37-65(54)84(67)48-24-6-3-7-25-48)80(78)86-63-35-15-9-27-50(63)58-43-60-52-29-13-19-41-71(52)88-73(60)45-69(58)86/h2-45H. The molecule has 0 fully saturated rings. The van der Waals surface area contributed by atoms with Crippen molar-refractivity contribution in [3.8, 4) is 51.1 Å². The van der Waals surface area contributed by atoms with E-state index in [0.29, 0.717) is 28.2 Å². The number of nitriles is 1. The summed E-state index contributed by atoms with van der Waals surface area (Å²) in [5.41, 5.74) is 15.2. The van der Waals surface area contributed by atoms with Crippen molar-refractivity contribution in [2.24, 2.45) is 0 Å². The molecule has 0 saturated carbocycles. The van der Waals surface area contributed by atoms with Crippen LogP contribution in [0.1, 0.15) is 5.56 Å². The molecule has 0 saturated heterocycles. The van der Waals surface area contributed by atoms with E-state index in [1.165, 1.54) is 30.9 Å². The molecule has 6 heterocycles. The van der Waals surface area contributed by atoms with Gasteiger partial charge in [0.25, 0.3) is 0 Å². The highest BCUT2D eigenvalue weighted by molar-refractivity contribution is 7.26. The Morgan fingerprint density at radius 1 is 0.307 bits per heavy atom. The topological polar surface area (TPSA) is 47.9 Å². The van der Waals surface area contributed by atoms with Gasteiger partial charge in [0.2, 0.25) is 5.69 Å². The second-order valence-electron chi connectivity index (χ2n) is 22.8. The molecule has 88 heavy (non-hydrogen) atoms. The summed E-state index contributed by atoms with van der Waals surface area (Å²) in [6.45, 7) is 10.1. The third kappa shape index (κ3) is 6.62. The van der Waals surface area contributed by atoms with Gasteiger partial charge >= 0.3 is 0 Å². The lowest BCUT2D eigenvalue weighted by Crippen LogP contribution is -2.09. The van der Waals surface area contributed by atoms with Crippen LogP contribution in [0.15, 0.2) is 267 Å². The molecule has 6 nitrogen and oxygen atoms in total. The molecule has 19 aromatic rings. The Morgan fingerprint density at radius 3 is 1.16 bits per heavy atom. The number of fused-ring (bicyclic) bond motifs is 18. The van der Waals surface area contributed by atoms with E-state index in [2.05, 4.69) is 291 Å². The van der Waals surface area contributed by atoms with Gasteiger partial charge in [-0.3, -0.25) is 0 Å². The smallest absolute Gasteiger partial charge is 0.220 e. The van der Waals surface area contributed by atoms with Gasteiger partial charge in [0, 0.05) is 106 Å². The SMILES string of the molecule is [C-]#[N+]c1c(-c2cccc3c2c2ccccc2n3-c2ccccc2)c(C#N)c(-n2c3ccccc3c3cc4c(cc32)sc2ccccc24)c(-c2cccc3c2c2ccccc2n3-c2ccccc2)c1-n1c2ccccc2c2cc3c(cc21)sc1ccccc13. The minimum atomic E-state index is 0.384. The van der Waals surface area contributed by atoms with Gasteiger partial charge in [0.05, 0.1) is 67.6 Å². The number of nitrogens with zero attached hydrogens (tertiary/aromatic N) is 6. The van der Waals surface area contributed by atoms with E-state index in [9.17, 15) is 11.8 Å². The highest BCUT2D eigenvalue weighted by Crippen LogP contribution is 2.56. The monoisotopic (exact) mass is 1150 g/mol. The summed E-state index contributed by atoms with van der Waals surface area (Å²) in [7, 11) is 0. The van der Waals surface area contributed by atoms with Gasteiger partial charge in [-0.25, -0.2) is 4.85 Å². The number of rotatable bonds is 6. The van der Waals surface area contributed by atoms with Crippen LogP contribution < -0.4 is 0 Å². The lowest BCUT2D eigenvalue weighted by molar-refractivity contribution is 1.14. The van der Waals surface area contributed by atoms with Crippen molar-refractivity contribution in [1.82, 2.24) is 18.3 Å². The predicted octanol–water partition coefficient (Wildman–Crippen LogP) is 22.6. The maximum absolute atomic E-state index is 12.9. The van der Waals surface area contributed by atoms with Gasteiger partial charge in [-0.15, -0.1) is 22.7 Å². The first-order valence-corrected chi connectivity index (χ1v) is 31.1. The molecule has 0 aliphatic rings. The first kappa shape index (κ1) is 48.8. The zero-order valence-corrected chi connectivity index (χ0v) is 48.5. The fourth-order valence-corrected chi connectivity index (χ4v) is 17.2. The van der Waals surface area contributed by atoms with Crippen LogP contribution in [0.5, 0.6) is 0 Å². The fourth-order valence-electron chi connectivity index (χ4n) is 14.9. The number of aromatic nitrogens is 4. The maximum atomic E-state index is 12.9. The van der Waals surface area contributed by atoms with Crippen LogP contribution >= 0.6 is 22.7 Å². The molecule has 0 radical (unpaired) electrons. The molecular weight excluding hydrogens is 1110 g/mol. The van der Waals surface area contributed by atoms with Crippen molar-refractivity contribution in [1.29, 1.82) is 5.26 Å². The zero-order chi connectivity index (χ0) is 57.9. The quantitative estimate of drug-likeness (QED) is 0.153. The van der Waals surface area contributed by atoms with Crippen molar-refractivity contribution in [2.45, 2.75) is 0 Å². The molecule has 13 aromatic carbocycles. The summed E-state index contributed by atoms with van der Waals surface area (Å²) >= 11 is 3.59. The third-order valence-electron chi connectivity index (χ3n) is 18.4. The number of para-hydroxylation sites is 6. The Morgan fingerprint density at radius 2 is 0.693 bits per heavy atom. The summed E-state index contributed by atoms with van der Waals surface area (Å²) in [5.74, 6) is 0. The first-order chi connectivity index (χ1) is 43.6. The Labute approximate surface area is 511 Å². The van der Waals surface area contributed by atoms with E-state index in [1.807, 2.05) is 0 Å². The lowest BCUT2D eigenvalue weighted by atomic mass is 9.86. The largest absolute Gasteiger partial charge is 0.318 e. The van der Waals surface area contributed by atoms with Gasteiger partial charge < -0.3 is 18.3 Å². The molecule has 0 unspecified atom stereocenters. The molecule has 6 aromatic heterocycles. The van der Waals surface area contributed by atoms with Crippen molar-refractivity contribution in [3.05, 3.63) is 284 Å². The average molecular weight is 1150 g/mol. The summed E-state index contributed by atoms with van der Waals surface area (Å²) in [6, 6.07) is 98.6. The van der Waals surface area contributed by atoms with Crippen LogP contribution in [0, 0.1) is 17.9 Å². The highest BCUT2D eigenvalue weighted by Gasteiger charge is 2.35. The second kappa shape index (κ2) is 18.5. The summed E-state index contributed by atoms with van der Waals surface area (Å²) in [5, 5.41) is 26.1. The summed E-state index contributed by atoms with van der Waals surface area (Å²) in [6.07, 6.45) is 0. The molecule has 0 aliphatic carbocycles. The van der Waals surface area contributed by atoms with E-state index in [4.69, 9.17) is 4.85 Å². The molecule has 406 valence electrons. The van der Waals surface area contributed by atoms with Crippen LogP contribution in [0.2, 0.25) is 0 Å². The molecule has 19 rings (SSSR count). The van der Waals surface area contributed by atoms with E-state index in [-0.39, 0.29) is 0 Å². The van der Waals surface area contributed by atoms with Crippen LogP contribution in [0.4, 0.5) is 5.69 Å². The normalized spacial score (nSPS) is 12.1. The summed E-state index contributed by atoms with van der Waals surface area (Å²) in [4.78, 5) is 4.93. The lowest BCUT2D eigenvalue weighted by Gasteiger charge is -2.26. The summed E-state index contributed by atoms with van der Waals surface area (Å²) < 4.78 is 14.2. The van der Waals surface area contributed by atoms with E-state index in [0.717, 1.165) is 125 Å².